The van der Waals surface area contributed by atoms with Gasteiger partial charge in [-0.15, -0.1) is 0 Å². The summed E-state index contributed by atoms with van der Waals surface area (Å²) in [6.45, 7) is 2.08. The van der Waals surface area contributed by atoms with Gasteiger partial charge in [0.15, 0.2) is 0 Å². The van der Waals surface area contributed by atoms with Gasteiger partial charge in [-0.3, -0.25) is 4.79 Å². The van der Waals surface area contributed by atoms with Gasteiger partial charge in [-0.05, 0) is 24.1 Å². The number of nitrogens with two attached hydrogens (primary N) is 1. The Morgan fingerprint density at radius 2 is 2.07 bits per heavy atom. The summed E-state index contributed by atoms with van der Waals surface area (Å²) in [5, 5.41) is 0.662. The number of halogens is 1. The van der Waals surface area contributed by atoms with Gasteiger partial charge in [-0.25, -0.2) is 0 Å². The van der Waals surface area contributed by atoms with Crippen LogP contribution in [0.1, 0.15) is 18.9 Å². The van der Waals surface area contributed by atoms with Crippen LogP contribution in [-0.4, -0.2) is 12.0 Å². The lowest BCUT2D eigenvalue weighted by atomic mass is 10.2. The third-order valence-corrected chi connectivity index (χ3v) is 2.29. The molecule has 1 atom stereocenters. The lowest BCUT2D eigenvalue weighted by Gasteiger charge is -2.09. The van der Waals surface area contributed by atoms with Gasteiger partial charge in [0.25, 0.3) is 0 Å². The largest absolute Gasteiger partial charge is 0.460 e. The van der Waals surface area contributed by atoms with E-state index in [1.807, 2.05) is 19.1 Å². The van der Waals surface area contributed by atoms with E-state index in [0.717, 1.165) is 5.56 Å². The zero-order valence-electron chi connectivity index (χ0n) is 8.57. The molecule has 0 spiro atoms. The van der Waals surface area contributed by atoms with E-state index in [-0.39, 0.29) is 12.6 Å². The molecule has 0 heterocycles. The smallest absolute Gasteiger partial charge is 0.323 e. The Bertz CT molecular complexity index is 324. The molecule has 2 N–H and O–H groups in total. The zero-order valence-corrected chi connectivity index (χ0v) is 9.33. The van der Waals surface area contributed by atoms with Gasteiger partial charge >= 0.3 is 5.97 Å². The molecule has 0 amide bonds. The van der Waals surface area contributed by atoms with Crippen LogP contribution in [0.2, 0.25) is 5.02 Å². The third-order valence-electron chi connectivity index (χ3n) is 2.04. The summed E-state index contributed by atoms with van der Waals surface area (Å²) in [4.78, 5) is 11.2. The molecule has 1 aromatic rings. The van der Waals surface area contributed by atoms with E-state index >= 15 is 0 Å². The van der Waals surface area contributed by atoms with Crippen molar-refractivity contribution in [2.75, 3.05) is 0 Å². The van der Waals surface area contributed by atoms with Crippen molar-refractivity contribution >= 4 is 17.6 Å². The highest BCUT2D eigenvalue weighted by atomic mass is 35.5. The highest BCUT2D eigenvalue weighted by Gasteiger charge is 2.11. The minimum atomic E-state index is -0.530. The quantitative estimate of drug-likeness (QED) is 0.802. The first-order chi connectivity index (χ1) is 7.13. The van der Waals surface area contributed by atoms with Crippen molar-refractivity contribution in [1.29, 1.82) is 0 Å². The van der Waals surface area contributed by atoms with E-state index in [2.05, 4.69) is 0 Å². The molecule has 3 nitrogen and oxygen atoms in total. The number of carbonyl (C=O) groups is 1. The van der Waals surface area contributed by atoms with Gasteiger partial charge in [-0.1, -0.05) is 30.7 Å². The van der Waals surface area contributed by atoms with Crippen molar-refractivity contribution in [3.05, 3.63) is 34.9 Å². The predicted molar refractivity (Wildman–Crippen MR) is 59.5 cm³/mol. The molecular formula is C11H14ClNO2. The van der Waals surface area contributed by atoms with Crippen LogP contribution in [0.15, 0.2) is 24.3 Å². The van der Waals surface area contributed by atoms with Crippen LogP contribution in [-0.2, 0) is 16.1 Å². The normalized spacial score (nSPS) is 12.2. The second kappa shape index (κ2) is 5.73. The van der Waals surface area contributed by atoms with E-state index in [1.54, 1.807) is 12.1 Å². The molecule has 4 heteroatoms. The van der Waals surface area contributed by atoms with Crippen molar-refractivity contribution in [3.63, 3.8) is 0 Å². The van der Waals surface area contributed by atoms with Crippen LogP contribution in [0.3, 0.4) is 0 Å². The highest BCUT2D eigenvalue weighted by Crippen LogP contribution is 2.10. The lowest BCUT2D eigenvalue weighted by molar-refractivity contribution is -0.146. The van der Waals surface area contributed by atoms with Gasteiger partial charge in [-0.2, -0.15) is 0 Å². The minimum Gasteiger partial charge on any atom is -0.460 e. The number of hydrogen-bond donors (Lipinski definition) is 1. The molecule has 0 saturated carbocycles. The van der Waals surface area contributed by atoms with E-state index in [4.69, 9.17) is 22.1 Å². The van der Waals surface area contributed by atoms with E-state index < -0.39 is 6.04 Å². The van der Waals surface area contributed by atoms with Gasteiger partial charge in [0, 0.05) is 5.02 Å². The van der Waals surface area contributed by atoms with Crippen molar-refractivity contribution in [2.24, 2.45) is 5.73 Å². The first-order valence-corrected chi connectivity index (χ1v) is 5.18. The first-order valence-electron chi connectivity index (χ1n) is 4.80. The van der Waals surface area contributed by atoms with Crippen LogP contribution in [0.5, 0.6) is 0 Å². The van der Waals surface area contributed by atoms with Crippen molar-refractivity contribution in [1.82, 2.24) is 0 Å². The number of carbonyl (C=O) groups excluding carboxylic acids is 1. The summed E-state index contributed by atoms with van der Waals surface area (Å²) in [5.74, 6) is -0.368. The molecule has 1 aromatic carbocycles. The molecule has 1 rings (SSSR count). The van der Waals surface area contributed by atoms with E-state index in [0.29, 0.717) is 11.4 Å². The molecule has 82 valence electrons. The molecular weight excluding hydrogens is 214 g/mol. The lowest BCUT2D eigenvalue weighted by Crippen LogP contribution is -2.31. The Kier molecular flexibility index (Phi) is 4.59. The average molecular weight is 228 g/mol. The number of rotatable bonds is 4. The molecule has 0 unspecified atom stereocenters. The fourth-order valence-corrected chi connectivity index (χ4v) is 1.13. The fraction of sp³-hybridized carbons (Fsp3) is 0.364. The van der Waals surface area contributed by atoms with Crippen LogP contribution in [0, 0.1) is 0 Å². The SMILES string of the molecule is CC[C@@H](N)C(=O)OCc1ccc(Cl)cc1. The van der Waals surface area contributed by atoms with Gasteiger partial charge in [0.2, 0.25) is 0 Å². The Morgan fingerprint density at radius 1 is 1.47 bits per heavy atom. The number of benzene rings is 1. The molecule has 0 aliphatic carbocycles. The zero-order chi connectivity index (χ0) is 11.3. The molecule has 0 saturated heterocycles. The topological polar surface area (TPSA) is 52.3 Å². The molecule has 0 fully saturated rings. The van der Waals surface area contributed by atoms with Crippen LogP contribution < -0.4 is 5.73 Å². The average Bonchev–Trinajstić information content (AvgIpc) is 2.26. The number of esters is 1. The molecule has 0 radical (unpaired) electrons. The number of hydrogen-bond acceptors (Lipinski definition) is 3. The highest BCUT2D eigenvalue weighted by molar-refractivity contribution is 6.30. The summed E-state index contributed by atoms with van der Waals surface area (Å²) >= 11 is 5.72. The summed E-state index contributed by atoms with van der Waals surface area (Å²) in [5.41, 5.74) is 6.41. The standard InChI is InChI=1S/C11H14ClNO2/c1-2-10(13)11(14)15-7-8-3-5-9(12)6-4-8/h3-6,10H,2,7,13H2,1H3/t10-/m1/s1. The summed E-state index contributed by atoms with van der Waals surface area (Å²) < 4.78 is 5.01. The molecule has 15 heavy (non-hydrogen) atoms. The van der Waals surface area contributed by atoms with Gasteiger partial charge in [0.05, 0.1) is 0 Å². The van der Waals surface area contributed by atoms with Crippen molar-refractivity contribution in [3.8, 4) is 0 Å². The van der Waals surface area contributed by atoms with Crippen molar-refractivity contribution in [2.45, 2.75) is 26.0 Å². The monoisotopic (exact) mass is 227 g/mol. The molecule has 0 aliphatic rings. The maximum atomic E-state index is 11.2. The summed E-state index contributed by atoms with van der Waals surface area (Å²) in [6, 6.07) is 6.60. The molecule has 0 aliphatic heterocycles. The fourth-order valence-electron chi connectivity index (χ4n) is 1.01. The van der Waals surface area contributed by atoms with E-state index in [1.165, 1.54) is 0 Å². The summed E-state index contributed by atoms with van der Waals surface area (Å²) in [6.07, 6.45) is 0.583. The number of ether oxygens (including phenoxy) is 1. The minimum absolute atomic E-state index is 0.240. The second-order valence-electron chi connectivity index (χ2n) is 3.25. The Balaban J connectivity index is 2.43. The molecule has 0 aromatic heterocycles. The van der Waals surface area contributed by atoms with Crippen LogP contribution in [0.25, 0.3) is 0 Å². The van der Waals surface area contributed by atoms with Crippen LogP contribution >= 0.6 is 11.6 Å². The predicted octanol–water partition coefficient (Wildman–Crippen LogP) is 2.12. The Hall–Kier alpha value is -1.06. The maximum absolute atomic E-state index is 11.2. The summed E-state index contributed by atoms with van der Waals surface area (Å²) in [7, 11) is 0. The Morgan fingerprint density at radius 3 is 2.60 bits per heavy atom. The van der Waals surface area contributed by atoms with Crippen molar-refractivity contribution < 1.29 is 9.53 Å². The Labute approximate surface area is 94.2 Å². The maximum Gasteiger partial charge on any atom is 0.323 e. The molecule has 0 bridgehead atoms. The third kappa shape index (κ3) is 3.90. The van der Waals surface area contributed by atoms with Gasteiger partial charge < -0.3 is 10.5 Å². The second-order valence-corrected chi connectivity index (χ2v) is 3.69. The van der Waals surface area contributed by atoms with E-state index in [9.17, 15) is 4.79 Å². The van der Waals surface area contributed by atoms with Gasteiger partial charge in [0.1, 0.15) is 12.6 Å². The first kappa shape index (κ1) is 12.0. The van der Waals surface area contributed by atoms with Crippen LogP contribution in [0.4, 0.5) is 0 Å².